The maximum Gasteiger partial charge on any atom is 0.331 e. The second kappa shape index (κ2) is 23.4. The molecule has 0 saturated carbocycles. The number of esters is 4. The fraction of sp³-hybridized carbons (Fsp3) is 0.265. The third-order valence-electron chi connectivity index (χ3n) is 10.4. The van der Waals surface area contributed by atoms with E-state index in [4.69, 9.17) is 37.9 Å². The lowest BCUT2D eigenvalue weighted by Gasteiger charge is -2.43. The fourth-order valence-electron chi connectivity index (χ4n) is 6.75. The van der Waals surface area contributed by atoms with E-state index in [1.807, 2.05) is 0 Å². The average molecular weight is 957 g/mol. The molecule has 2 aliphatic rings. The zero-order valence-corrected chi connectivity index (χ0v) is 36.5. The Morgan fingerprint density at radius 2 is 1.00 bits per heavy atom. The second-order valence-electron chi connectivity index (χ2n) is 15.4. The van der Waals surface area contributed by atoms with Crippen LogP contribution in [0.25, 0.3) is 24.3 Å². The zero-order chi connectivity index (χ0) is 49.7. The van der Waals surface area contributed by atoms with Gasteiger partial charge < -0.3 is 78.7 Å². The molecule has 364 valence electrons. The van der Waals surface area contributed by atoms with Crippen molar-refractivity contribution < 1.29 is 97.9 Å². The number of hydrogen-bond acceptors (Lipinski definition) is 20. The van der Waals surface area contributed by atoms with Crippen LogP contribution in [0.5, 0.6) is 28.7 Å². The van der Waals surface area contributed by atoms with Crippen molar-refractivity contribution in [1.82, 2.24) is 0 Å². The van der Waals surface area contributed by atoms with Crippen molar-refractivity contribution >= 4 is 48.2 Å². The summed E-state index contributed by atoms with van der Waals surface area (Å²) >= 11 is 0. The van der Waals surface area contributed by atoms with Gasteiger partial charge in [-0.2, -0.15) is 0 Å². The van der Waals surface area contributed by atoms with Crippen LogP contribution in [0.15, 0.2) is 115 Å². The third-order valence-corrected chi connectivity index (χ3v) is 10.4. The summed E-state index contributed by atoms with van der Waals surface area (Å²) in [5.74, 6) is -6.87. The van der Waals surface area contributed by atoms with Crippen molar-refractivity contribution in [2.24, 2.45) is 0 Å². The van der Waals surface area contributed by atoms with Crippen LogP contribution in [0.2, 0.25) is 0 Å². The Morgan fingerprint density at radius 3 is 1.51 bits per heavy atom. The quantitative estimate of drug-likeness (QED) is 0.0404. The smallest absolute Gasteiger partial charge is 0.331 e. The van der Waals surface area contributed by atoms with Gasteiger partial charge in [-0.15, -0.1) is 0 Å². The van der Waals surface area contributed by atoms with Gasteiger partial charge in [0, 0.05) is 24.3 Å². The van der Waals surface area contributed by atoms with E-state index in [0.717, 1.165) is 24.3 Å². The number of phenols is 4. The third kappa shape index (κ3) is 14.0. The number of aromatic hydroxyl groups is 4. The minimum atomic E-state index is -2.69. The molecule has 0 spiro atoms. The maximum atomic E-state index is 13.5. The predicted octanol–water partition coefficient (Wildman–Crippen LogP) is 2.49. The minimum absolute atomic E-state index is 0.00809. The van der Waals surface area contributed by atoms with Crippen molar-refractivity contribution in [2.45, 2.75) is 54.8 Å². The molecule has 2 heterocycles. The highest BCUT2D eigenvalue weighted by Crippen LogP contribution is 2.39. The average Bonchev–Trinajstić information content (AvgIpc) is 3.59. The number of methoxy groups -OCH3 is 1. The molecule has 0 amide bonds. The molecular formula is C49H48O20. The standard InChI is InChI=1S/C49H48O20/c1-62-36-24-31(8-19-35(36)53)12-22-40(55)63-25-37-43(58)45(60)46(61)48(66-37)69-49(27-65-41(56)21-10-29-4-15-33(51)16-5-29)47(67-42(57)23-11-30-6-17-34(52)18-7-30)44(59)38(68-49)26-64-39(54)20-9-28-2-13-32(50)14-3-28/h2-24,37-38,43-48,50-53,58-61H,25-27H2,1H3/b20-9+,21-10+,22-12+,23-11+/t37-,38+,43-,44+,45+,46-,47-,48-,49-/m1/s1. The summed E-state index contributed by atoms with van der Waals surface area (Å²) in [5, 5.41) is 83.7. The summed E-state index contributed by atoms with van der Waals surface area (Å²) in [7, 11) is 1.34. The van der Waals surface area contributed by atoms with Gasteiger partial charge in [-0.25, -0.2) is 19.2 Å². The van der Waals surface area contributed by atoms with E-state index >= 15 is 0 Å². The topological polar surface area (TPSA) is 304 Å². The lowest BCUT2D eigenvalue weighted by molar-refractivity contribution is -0.383. The first-order valence-corrected chi connectivity index (χ1v) is 20.9. The highest BCUT2D eigenvalue weighted by atomic mass is 16.8. The highest BCUT2D eigenvalue weighted by molar-refractivity contribution is 5.89. The van der Waals surface area contributed by atoms with Crippen LogP contribution in [-0.2, 0) is 52.3 Å². The number of hydrogen-bond donors (Lipinski definition) is 8. The molecule has 2 aliphatic heterocycles. The first-order chi connectivity index (χ1) is 33.0. The van der Waals surface area contributed by atoms with Crippen molar-refractivity contribution in [2.75, 3.05) is 26.9 Å². The van der Waals surface area contributed by atoms with Gasteiger partial charge in [-0.1, -0.05) is 42.5 Å². The summed E-state index contributed by atoms with van der Waals surface area (Å²) in [6.07, 6.45) is -6.19. The molecule has 20 heteroatoms. The molecular weight excluding hydrogens is 909 g/mol. The van der Waals surface area contributed by atoms with Crippen LogP contribution in [0.1, 0.15) is 22.3 Å². The number of rotatable bonds is 18. The molecule has 8 N–H and O–H groups in total. The Morgan fingerprint density at radius 1 is 0.551 bits per heavy atom. The SMILES string of the molecule is COc1cc(/C=C/C(=O)OC[C@H]2O[C@H](O[C@@]3(COC(=O)/C=C/c4ccc(O)cc4)O[C@@H](COC(=O)/C=C/c4ccc(O)cc4)[C@H](O)[C@H]3OC(=O)/C=C/c3ccc(O)cc3)[C@H](O)[C@@H](O)[C@@H]2O)ccc1O. The van der Waals surface area contributed by atoms with Crippen molar-refractivity contribution in [3.63, 3.8) is 0 Å². The van der Waals surface area contributed by atoms with Gasteiger partial charge in [0.25, 0.3) is 0 Å². The van der Waals surface area contributed by atoms with E-state index in [0.29, 0.717) is 22.3 Å². The van der Waals surface area contributed by atoms with Crippen LogP contribution < -0.4 is 4.74 Å². The Kier molecular flexibility index (Phi) is 17.3. The molecule has 9 atom stereocenters. The number of ether oxygens (including phenoxy) is 8. The maximum absolute atomic E-state index is 13.5. The molecule has 4 aromatic carbocycles. The Hall–Kier alpha value is -7.56. The van der Waals surface area contributed by atoms with E-state index < -0.39 is 98.5 Å². The van der Waals surface area contributed by atoms with Crippen molar-refractivity contribution in [3.05, 3.63) is 138 Å². The van der Waals surface area contributed by atoms with Gasteiger partial charge in [-0.05, 0) is 95.1 Å². The van der Waals surface area contributed by atoms with Gasteiger partial charge in [0.15, 0.2) is 23.9 Å². The summed E-state index contributed by atoms with van der Waals surface area (Å²) in [6.45, 7) is -2.57. The molecule has 0 radical (unpaired) electrons. The lowest BCUT2D eigenvalue weighted by Crippen LogP contribution is -2.63. The minimum Gasteiger partial charge on any atom is -0.508 e. The van der Waals surface area contributed by atoms with E-state index in [9.17, 15) is 60.0 Å². The van der Waals surface area contributed by atoms with Crippen LogP contribution in [0, 0.1) is 0 Å². The van der Waals surface area contributed by atoms with E-state index in [2.05, 4.69) is 0 Å². The monoisotopic (exact) mass is 956 g/mol. The predicted molar refractivity (Wildman–Crippen MR) is 239 cm³/mol. The van der Waals surface area contributed by atoms with Crippen LogP contribution in [0.4, 0.5) is 0 Å². The Labute approximate surface area is 393 Å². The van der Waals surface area contributed by atoms with Gasteiger partial charge in [0.05, 0.1) is 7.11 Å². The van der Waals surface area contributed by atoms with Crippen molar-refractivity contribution in [3.8, 4) is 28.7 Å². The summed E-state index contributed by atoms with van der Waals surface area (Å²) in [5.41, 5.74) is 1.85. The summed E-state index contributed by atoms with van der Waals surface area (Å²) in [4.78, 5) is 52.4. The number of aliphatic hydroxyl groups is 4. The lowest BCUT2D eigenvalue weighted by atomic mass is 9.98. The van der Waals surface area contributed by atoms with Crippen LogP contribution >= 0.6 is 0 Å². The van der Waals surface area contributed by atoms with Gasteiger partial charge in [0.2, 0.25) is 5.79 Å². The number of phenolic OH excluding ortho intramolecular Hbond substituents is 4. The molecule has 0 bridgehead atoms. The van der Waals surface area contributed by atoms with Gasteiger partial charge >= 0.3 is 23.9 Å². The van der Waals surface area contributed by atoms with Gasteiger partial charge in [0.1, 0.15) is 73.7 Å². The number of benzene rings is 4. The van der Waals surface area contributed by atoms with Crippen molar-refractivity contribution in [1.29, 1.82) is 0 Å². The largest absolute Gasteiger partial charge is 0.508 e. The second-order valence-corrected chi connectivity index (χ2v) is 15.4. The molecule has 2 fully saturated rings. The normalized spacial score (nSPS) is 24.7. The first-order valence-electron chi connectivity index (χ1n) is 20.9. The van der Waals surface area contributed by atoms with Gasteiger partial charge in [-0.3, -0.25) is 0 Å². The highest BCUT2D eigenvalue weighted by Gasteiger charge is 2.62. The molecule has 0 unspecified atom stereocenters. The number of aliphatic hydroxyl groups excluding tert-OH is 4. The Bertz CT molecular complexity index is 2520. The summed E-state index contributed by atoms with van der Waals surface area (Å²) in [6, 6.07) is 21.5. The zero-order valence-electron chi connectivity index (χ0n) is 36.5. The molecule has 0 aliphatic carbocycles. The van der Waals surface area contributed by atoms with E-state index in [-0.39, 0.29) is 28.7 Å². The summed E-state index contributed by atoms with van der Waals surface area (Å²) < 4.78 is 45.0. The fourth-order valence-corrected chi connectivity index (χ4v) is 6.75. The van der Waals surface area contributed by atoms with E-state index in [1.54, 1.807) is 0 Å². The molecule has 69 heavy (non-hydrogen) atoms. The Balaban J connectivity index is 1.27. The molecule has 6 rings (SSSR count). The van der Waals surface area contributed by atoms with Crippen LogP contribution in [-0.4, -0.2) is 146 Å². The number of carbonyl (C=O) groups excluding carboxylic acids is 4. The number of carbonyl (C=O) groups is 4. The molecule has 20 nitrogen and oxygen atoms in total. The molecule has 2 saturated heterocycles. The molecule has 0 aromatic heterocycles. The molecule has 4 aromatic rings. The van der Waals surface area contributed by atoms with E-state index in [1.165, 1.54) is 122 Å². The first kappa shape index (κ1) is 50.8. The van der Waals surface area contributed by atoms with Crippen LogP contribution in [0.3, 0.4) is 0 Å².